The summed E-state index contributed by atoms with van der Waals surface area (Å²) < 4.78 is 26.2. The number of nitrogens with one attached hydrogen (secondary N) is 1. The summed E-state index contributed by atoms with van der Waals surface area (Å²) in [5.41, 5.74) is 2.25. The second-order valence-electron chi connectivity index (χ2n) is 9.29. The topological polar surface area (TPSA) is 86.8 Å². The van der Waals surface area contributed by atoms with Crippen LogP contribution >= 0.6 is 23.2 Å². The Balaban J connectivity index is 2.26. The lowest BCUT2D eigenvalue weighted by atomic mass is 10.1. The molecule has 1 N–H and O–H groups in total. The molecule has 2 rings (SSSR count). The third kappa shape index (κ3) is 9.20. The van der Waals surface area contributed by atoms with E-state index >= 15 is 0 Å². The molecule has 204 valence electrons. The first kappa shape index (κ1) is 30.9. The maximum Gasteiger partial charge on any atom is 0.243 e. The Labute approximate surface area is 231 Å². The SMILES string of the molecule is CC[C@H](C(=O)N[C@@H](C)CC)N(Cc1cccc(C)c1)C(=O)CCCN(c1cc(Cl)ccc1Cl)S(C)(=O)=O. The summed E-state index contributed by atoms with van der Waals surface area (Å²) in [4.78, 5) is 28.2. The highest BCUT2D eigenvalue weighted by Crippen LogP contribution is 2.31. The first-order valence-electron chi connectivity index (χ1n) is 12.5. The third-order valence-electron chi connectivity index (χ3n) is 6.15. The van der Waals surface area contributed by atoms with Gasteiger partial charge in [0.2, 0.25) is 21.8 Å². The predicted molar refractivity (Wildman–Crippen MR) is 152 cm³/mol. The number of nitrogens with zero attached hydrogens (tertiary/aromatic N) is 2. The lowest BCUT2D eigenvalue weighted by molar-refractivity contribution is -0.141. The van der Waals surface area contributed by atoms with Crippen molar-refractivity contribution in [2.75, 3.05) is 17.1 Å². The minimum absolute atomic E-state index is 0.0109. The van der Waals surface area contributed by atoms with E-state index in [1.54, 1.807) is 11.0 Å². The molecule has 2 atom stereocenters. The molecule has 0 bridgehead atoms. The van der Waals surface area contributed by atoms with E-state index in [0.29, 0.717) is 11.4 Å². The molecule has 10 heteroatoms. The summed E-state index contributed by atoms with van der Waals surface area (Å²) in [6.45, 7) is 8.09. The summed E-state index contributed by atoms with van der Waals surface area (Å²) in [5.74, 6) is -0.417. The molecule has 2 aromatic carbocycles. The van der Waals surface area contributed by atoms with E-state index in [0.717, 1.165) is 28.1 Å². The van der Waals surface area contributed by atoms with E-state index < -0.39 is 16.1 Å². The van der Waals surface area contributed by atoms with Crippen LogP contribution in [0.1, 0.15) is 57.6 Å². The van der Waals surface area contributed by atoms with Crippen LogP contribution in [-0.2, 0) is 26.2 Å². The Morgan fingerprint density at radius 2 is 1.76 bits per heavy atom. The van der Waals surface area contributed by atoms with Crippen LogP contribution in [0.5, 0.6) is 0 Å². The summed E-state index contributed by atoms with van der Waals surface area (Å²) in [5, 5.41) is 3.59. The summed E-state index contributed by atoms with van der Waals surface area (Å²) in [6, 6.07) is 11.8. The standard InChI is InChI=1S/C27H37Cl2N3O4S/c1-6-20(4)30-27(34)24(7-2)31(18-21-11-8-10-19(3)16-21)26(33)12-9-15-32(37(5,35)36)25-17-22(28)13-14-23(25)29/h8,10-11,13-14,16-17,20,24H,6-7,9,12,15,18H2,1-5H3,(H,30,34)/t20-,24+/m0/s1. The van der Waals surface area contributed by atoms with Gasteiger partial charge in [0.15, 0.2) is 0 Å². The zero-order chi connectivity index (χ0) is 27.8. The maximum atomic E-state index is 13.5. The number of rotatable bonds is 13. The molecule has 2 aromatic rings. The molecule has 0 saturated carbocycles. The monoisotopic (exact) mass is 569 g/mol. The number of carbonyl (C=O) groups excluding carboxylic acids is 2. The van der Waals surface area contributed by atoms with E-state index in [4.69, 9.17) is 23.2 Å². The van der Waals surface area contributed by atoms with Gasteiger partial charge in [-0.25, -0.2) is 8.42 Å². The summed E-state index contributed by atoms with van der Waals surface area (Å²) in [7, 11) is -3.68. The highest BCUT2D eigenvalue weighted by Gasteiger charge is 2.29. The number of benzene rings is 2. The summed E-state index contributed by atoms with van der Waals surface area (Å²) in [6.07, 6.45) is 2.61. The fraction of sp³-hybridized carbons (Fsp3) is 0.481. The number of anilines is 1. The molecular formula is C27H37Cl2N3O4S. The van der Waals surface area contributed by atoms with Crippen molar-refractivity contribution >= 4 is 50.7 Å². The van der Waals surface area contributed by atoms with E-state index in [1.807, 2.05) is 52.0 Å². The largest absolute Gasteiger partial charge is 0.352 e. The zero-order valence-corrected chi connectivity index (χ0v) is 24.5. The number of sulfonamides is 1. The van der Waals surface area contributed by atoms with Gasteiger partial charge in [-0.1, -0.05) is 66.9 Å². The molecule has 7 nitrogen and oxygen atoms in total. The highest BCUT2D eigenvalue weighted by atomic mass is 35.5. The Morgan fingerprint density at radius 3 is 2.35 bits per heavy atom. The van der Waals surface area contributed by atoms with Gasteiger partial charge in [0.25, 0.3) is 0 Å². The lowest BCUT2D eigenvalue weighted by Crippen LogP contribution is -2.50. The Hall–Kier alpha value is -2.29. The van der Waals surface area contributed by atoms with Crippen molar-refractivity contribution in [1.82, 2.24) is 10.2 Å². The number of aryl methyl sites for hydroxylation is 1. The molecule has 0 spiro atoms. The van der Waals surface area contributed by atoms with Crippen LogP contribution in [0.2, 0.25) is 10.0 Å². The quantitative estimate of drug-likeness (QED) is 0.341. The van der Waals surface area contributed by atoms with Gasteiger partial charge in [0, 0.05) is 30.6 Å². The molecule has 0 heterocycles. The van der Waals surface area contributed by atoms with Crippen molar-refractivity contribution in [2.45, 2.75) is 72.0 Å². The van der Waals surface area contributed by atoms with Gasteiger partial charge in [0.05, 0.1) is 17.0 Å². The number of halogens is 2. The molecule has 0 aromatic heterocycles. The minimum atomic E-state index is -3.68. The second kappa shape index (κ2) is 14.0. The summed E-state index contributed by atoms with van der Waals surface area (Å²) >= 11 is 12.3. The van der Waals surface area contributed by atoms with Crippen molar-refractivity contribution < 1.29 is 18.0 Å². The van der Waals surface area contributed by atoms with Gasteiger partial charge >= 0.3 is 0 Å². The molecule has 0 saturated heterocycles. The number of hydrogen-bond acceptors (Lipinski definition) is 4. The molecular weight excluding hydrogens is 533 g/mol. The fourth-order valence-corrected chi connectivity index (χ4v) is 5.43. The Bertz CT molecular complexity index is 1190. The van der Waals surface area contributed by atoms with Crippen LogP contribution in [-0.4, -0.2) is 50.0 Å². The lowest BCUT2D eigenvalue weighted by Gasteiger charge is -2.32. The number of amides is 2. The fourth-order valence-electron chi connectivity index (χ4n) is 4.03. The molecule has 0 aliphatic carbocycles. The average molecular weight is 571 g/mol. The van der Waals surface area contributed by atoms with Crippen molar-refractivity contribution in [1.29, 1.82) is 0 Å². The smallest absolute Gasteiger partial charge is 0.243 e. The molecule has 2 amide bonds. The predicted octanol–water partition coefficient (Wildman–Crippen LogP) is 5.57. The van der Waals surface area contributed by atoms with Crippen LogP contribution in [0.15, 0.2) is 42.5 Å². The van der Waals surface area contributed by atoms with Gasteiger partial charge in [-0.15, -0.1) is 0 Å². The van der Waals surface area contributed by atoms with Gasteiger partial charge in [-0.2, -0.15) is 0 Å². The molecule has 37 heavy (non-hydrogen) atoms. The van der Waals surface area contributed by atoms with E-state index in [2.05, 4.69) is 5.32 Å². The second-order valence-corrected chi connectivity index (χ2v) is 12.0. The van der Waals surface area contributed by atoms with Gasteiger partial charge in [-0.3, -0.25) is 13.9 Å². The highest BCUT2D eigenvalue weighted by molar-refractivity contribution is 7.92. The van der Waals surface area contributed by atoms with E-state index in [1.165, 1.54) is 12.1 Å². The minimum Gasteiger partial charge on any atom is -0.352 e. The van der Waals surface area contributed by atoms with Crippen molar-refractivity contribution in [3.05, 3.63) is 63.6 Å². The van der Waals surface area contributed by atoms with Crippen LogP contribution in [0, 0.1) is 6.92 Å². The molecule has 0 radical (unpaired) electrons. The Kier molecular flexibility index (Phi) is 11.7. The zero-order valence-electron chi connectivity index (χ0n) is 22.1. The molecule has 0 aliphatic rings. The van der Waals surface area contributed by atoms with Crippen LogP contribution in [0.25, 0.3) is 0 Å². The van der Waals surface area contributed by atoms with Gasteiger partial charge in [-0.05, 0) is 56.9 Å². The van der Waals surface area contributed by atoms with Crippen molar-refractivity contribution in [3.63, 3.8) is 0 Å². The van der Waals surface area contributed by atoms with Crippen molar-refractivity contribution in [3.8, 4) is 0 Å². The number of carbonyl (C=O) groups is 2. The van der Waals surface area contributed by atoms with Gasteiger partial charge < -0.3 is 10.2 Å². The normalized spacial score (nSPS) is 13.1. The van der Waals surface area contributed by atoms with E-state index in [-0.39, 0.29) is 54.5 Å². The average Bonchev–Trinajstić information content (AvgIpc) is 2.82. The van der Waals surface area contributed by atoms with Crippen molar-refractivity contribution in [2.24, 2.45) is 0 Å². The maximum absolute atomic E-state index is 13.5. The molecule has 0 aliphatic heterocycles. The first-order chi connectivity index (χ1) is 17.4. The van der Waals surface area contributed by atoms with Crippen LogP contribution in [0.4, 0.5) is 5.69 Å². The van der Waals surface area contributed by atoms with Crippen LogP contribution < -0.4 is 9.62 Å². The Morgan fingerprint density at radius 1 is 1.05 bits per heavy atom. The molecule has 0 unspecified atom stereocenters. The van der Waals surface area contributed by atoms with Crippen LogP contribution in [0.3, 0.4) is 0 Å². The third-order valence-corrected chi connectivity index (χ3v) is 7.89. The molecule has 0 fully saturated rings. The first-order valence-corrected chi connectivity index (χ1v) is 15.1. The van der Waals surface area contributed by atoms with Gasteiger partial charge in [0.1, 0.15) is 6.04 Å². The van der Waals surface area contributed by atoms with E-state index in [9.17, 15) is 18.0 Å². The number of hydrogen-bond donors (Lipinski definition) is 1.